The van der Waals surface area contributed by atoms with E-state index in [1.54, 1.807) is 11.3 Å². The first-order chi connectivity index (χ1) is 8.65. The first-order valence-electron chi connectivity index (χ1n) is 6.41. The molecule has 1 aromatic heterocycles. The van der Waals surface area contributed by atoms with Crippen molar-refractivity contribution in [3.05, 3.63) is 19.9 Å². The Labute approximate surface area is 126 Å². The van der Waals surface area contributed by atoms with Crippen LogP contribution in [0, 0.1) is 8.80 Å². The summed E-state index contributed by atoms with van der Waals surface area (Å²) in [6.07, 6.45) is 4.88. The monoisotopic (exact) mass is 378 g/mol. The molecule has 0 aliphatic heterocycles. The Morgan fingerprint density at radius 1 is 1.50 bits per heavy atom. The number of thiophene rings is 1. The van der Waals surface area contributed by atoms with Crippen LogP contribution in [-0.2, 0) is 11.2 Å². The van der Waals surface area contributed by atoms with Gasteiger partial charge in [0.25, 0.3) is 0 Å². The van der Waals surface area contributed by atoms with Crippen LogP contribution in [0.4, 0.5) is 0 Å². The predicted molar refractivity (Wildman–Crippen MR) is 83.7 cm³/mol. The molecule has 1 saturated carbocycles. The molecule has 0 unspecified atom stereocenters. The van der Waals surface area contributed by atoms with Gasteiger partial charge in [0.2, 0.25) is 5.91 Å². The fraction of sp³-hybridized carbons (Fsp3) is 0.615. The van der Waals surface area contributed by atoms with Crippen LogP contribution in [0.15, 0.2) is 12.1 Å². The molecule has 0 bridgehead atoms. The zero-order chi connectivity index (χ0) is 13.0. The lowest BCUT2D eigenvalue weighted by molar-refractivity contribution is -0.122. The van der Waals surface area contributed by atoms with E-state index in [0.717, 1.165) is 25.8 Å². The molecule has 3 nitrogen and oxygen atoms in total. The standard InChI is InChI=1S/C13H19IN2OS/c14-12-5-4-10(18-12)6-7-16-13(17)8-9-2-1-3-11(9)15/h4-5,9,11H,1-3,6-8,15H2,(H,16,17)/t9-,11+/m0/s1. The summed E-state index contributed by atoms with van der Waals surface area (Å²) in [6, 6.07) is 4.47. The highest BCUT2D eigenvalue weighted by Gasteiger charge is 2.25. The van der Waals surface area contributed by atoms with Crippen molar-refractivity contribution in [1.82, 2.24) is 5.32 Å². The summed E-state index contributed by atoms with van der Waals surface area (Å²) in [7, 11) is 0. The van der Waals surface area contributed by atoms with E-state index in [1.807, 2.05) is 0 Å². The highest BCUT2D eigenvalue weighted by molar-refractivity contribution is 14.1. The minimum Gasteiger partial charge on any atom is -0.356 e. The predicted octanol–water partition coefficient (Wildman–Crippen LogP) is 2.53. The van der Waals surface area contributed by atoms with Crippen LogP contribution in [0.1, 0.15) is 30.6 Å². The van der Waals surface area contributed by atoms with E-state index in [2.05, 4.69) is 40.0 Å². The topological polar surface area (TPSA) is 55.1 Å². The number of rotatable bonds is 5. The average molecular weight is 378 g/mol. The van der Waals surface area contributed by atoms with Gasteiger partial charge in [-0.3, -0.25) is 4.79 Å². The van der Waals surface area contributed by atoms with Crippen molar-refractivity contribution < 1.29 is 4.79 Å². The van der Waals surface area contributed by atoms with Crippen LogP contribution < -0.4 is 11.1 Å². The number of amides is 1. The number of halogens is 1. The van der Waals surface area contributed by atoms with Crippen LogP contribution in [0.2, 0.25) is 0 Å². The molecule has 5 heteroatoms. The lowest BCUT2D eigenvalue weighted by Crippen LogP contribution is -2.32. The molecule has 0 saturated heterocycles. The lowest BCUT2D eigenvalue weighted by atomic mass is 10.00. The number of hydrogen-bond donors (Lipinski definition) is 2. The van der Waals surface area contributed by atoms with E-state index >= 15 is 0 Å². The number of carbonyl (C=O) groups excluding carboxylic acids is 1. The minimum atomic E-state index is 0.156. The summed E-state index contributed by atoms with van der Waals surface area (Å²) >= 11 is 4.11. The van der Waals surface area contributed by atoms with Crippen LogP contribution in [0.3, 0.4) is 0 Å². The van der Waals surface area contributed by atoms with Gasteiger partial charge in [-0.1, -0.05) is 6.42 Å². The van der Waals surface area contributed by atoms with Crippen LogP contribution >= 0.6 is 33.9 Å². The van der Waals surface area contributed by atoms with Crippen molar-refractivity contribution in [2.24, 2.45) is 11.7 Å². The number of nitrogens with one attached hydrogen (secondary N) is 1. The zero-order valence-corrected chi connectivity index (χ0v) is 13.3. The third kappa shape index (κ3) is 4.20. The molecule has 0 radical (unpaired) electrons. The normalized spacial score (nSPS) is 23.2. The van der Waals surface area contributed by atoms with Crippen molar-refractivity contribution in [3.8, 4) is 0 Å². The molecule has 1 aliphatic carbocycles. The van der Waals surface area contributed by atoms with Gasteiger partial charge in [-0.25, -0.2) is 0 Å². The third-order valence-corrected chi connectivity index (χ3v) is 5.44. The molecule has 100 valence electrons. The van der Waals surface area contributed by atoms with Gasteiger partial charge in [0.15, 0.2) is 0 Å². The van der Waals surface area contributed by atoms with Gasteiger partial charge in [0.1, 0.15) is 0 Å². The Bertz CT molecular complexity index is 407. The Morgan fingerprint density at radius 2 is 2.33 bits per heavy atom. The fourth-order valence-electron chi connectivity index (χ4n) is 2.44. The lowest BCUT2D eigenvalue weighted by Gasteiger charge is -2.14. The second-order valence-electron chi connectivity index (χ2n) is 4.86. The Morgan fingerprint density at radius 3 is 2.94 bits per heavy atom. The number of nitrogens with two attached hydrogens (primary N) is 1. The molecule has 1 heterocycles. The van der Waals surface area contributed by atoms with Gasteiger partial charge < -0.3 is 11.1 Å². The smallest absolute Gasteiger partial charge is 0.220 e. The van der Waals surface area contributed by atoms with Gasteiger partial charge in [0, 0.05) is 23.9 Å². The largest absolute Gasteiger partial charge is 0.356 e. The summed E-state index contributed by atoms with van der Waals surface area (Å²) in [5.41, 5.74) is 5.97. The van der Waals surface area contributed by atoms with Crippen molar-refractivity contribution in [2.45, 2.75) is 38.1 Å². The zero-order valence-electron chi connectivity index (χ0n) is 10.3. The molecule has 0 aromatic carbocycles. The molecule has 1 fully saturated rings. The number of carbonyl (C=O) groups is 1. The van der Waals surface area contributed by atoms with E-state index < -0.39 is 0 Å². The fourth-order valence-corrected chi connectivity index (χ4v) is 4.20. The van der Waals surface area contributed by atoms with E-state index in [1.165, 1.54) is 14.2 Å². The molecular formula is C13H19IN2OS. The summed E-state index contributed by atoms with van der Waals surface area (Å²) in [5, 5.41) is 3.00. The first-order valence-corrected chi connectivity index (χ1v) is 8.31. The quantitative estimate of drug-likeness (QED) is 0.774. The molecule has 2 atom stereocenters. The highest BCUT2D eigenvalue weighted by atomic mass is 127. The molecule has 1 aliphatic rings. The number of hydrogen-bond acceptors (Lipinski definition) is 3. The van der Waals surface area contributed by atoms with Crippen LogP contribution in [-0.4, -0.2) is 18.5 Å². The molecular weight excluding hydrogens is 359 g/mol. The van der Waals surface area contributed by atoms with Gasteiger partial charge >= 0.3 is 0 Å². The Balaban J connectivity index is 1.65. The van der Waals surface area contributed by atoms with Gasteiger partial charge in [0.05, 0.1) is 2.88 Å². The van der Waals surface area contributed by atoms with Crippen molar-refractivity contribution in [3.63, 3.8) is 0 Å². The second kappa shape index (κ2) is 6.86. The molecule has 2 rings (SSSR count). The van der Waals surface area contributed by atoms with E-state index in [0.29, 0.717) is 12.3 Å². The first kappa shape index (κ1) is 14.3. The molecule has 1 amide bonds. The van der Waals surface area contributed by atoms with Gasteiger partial charge in [-0.15, -0.1) is 11.3 Å². The summed E-state index contributed by atoms with van der Waals surface area (Å²) in [5.74, 6) is 0.552. The molecule has 3 N–H and O–H groups in total. The minimum absolute atomic E-state index is 0.156. The van der Waals surface area contributed by atoms with Crippen molar-refractivity contribution >= 4 is 39.8 Å². The molecule has 1 aromatic rings. The summed E-state index contributed by atoms with van der Waals surface area (Å²) < 4.78 is 1.30. The summed E-state index contributed by atoms with van der Waals surface area (Å²) in [6.45, 7) is 0.734. The van der Waals surface area contributed by atoms with Gasteiger partial charge in [-0.05, 0) is 59.9 Å². The Kier molecular flexibility index (Phi) is 5.44. The van der Waals surface area contributed by atoms with Gasteiger partial charge in [-0.2, -0.15) is 0 Å². The maximum absolute atomic E-state index is 11.8. The van der Waals surface area contributed by atoms with Crippen molar-refractivity contribution in [2.75, 3.05) is 6.54 Å². The maximum atomic E-state index is 11.8. The van der Waals surface area contributed by atoms with Crippen LogP contribution in [0.5, 0.6) is 0 Å². The molecule has 18 heavy (non-hydrogen) atoms. The SMILES string of the molecule is N[C@@H]1CCC[C@H]1CC(=O)NCCc1ccc(I)s1. The third-order valence-electron chi connectivity index (χ3n) is 3.49. The highest BCUT2D eigenvalue weighted by Crippen LogP contribution is 2.26. The molecule has 0 spiro atoms. The second-order valence-corrected chi connectivity index (χ2v) is 7.93. The van der Waals surface area contributed by atoms with E-state index in [4.69, 9.17) is 5.73 Å². The summed E-state index contributed by atoms with van der Waals surface area (Å²) in [4.78, 5) is 13.1. The Hall–Kier alpha value is -0.140. The van der Waals surface area contributed by atoms with E-state index in [-0.39, 0.29) is 11.9 Å². The average Bonchev–Trinajstić information content (AvgIpc) is 2.89. The maximum Gasteiger partial charge on any atom is 0.220 e. The van der Waals surface area contributed by atoms with Crippen LogP contribution in [0.25, 0.3) is 0 Å². The van der Waals surface area contributed by atoms with E-state index in [9.17, 15) is 4.79 Å². The van der Waals surface area contributed by atoms with Crippen molar-refractivity contribution in [1.29, 1.82) is 0 Å².